The van der Waals surface area contributed by atoms with Crippen molar-refractivity contribution in [2.75, 3.05) is 18.5 Å². The van der Waals surface area contributed by atoms with E-state index in [0.29, 0.717) is 13.2 Å². The molecule has 2 fully saturated rings. The van der Waals surface area contributed by atoms with Crippen LogP contribution < -0.4 is 11.0 Å². The number of nitrogens with zero attached hydrogens (tertiary/aromatic N) is 3. The van der Waals surface area contributed by atoms with Crippen LogP contribution in [0.2, 0.25) is 0 Å². The number of benzene rings is 2. The third kappa shape index (κ3) is 5.54. The topological polar surface area (TPSA) is 78.2 Å². The number of hydrogen-bond acceptors (Lipinski definition) is 5. The first kappa shape index (κ1) is 23.9. The summed E-state index contributed by atoms with van der Waals surface area (Å²) < 4.78 is 8.75. The Labute approximate surface area is 209 Å². The van der Waals surface area contributed by atoms with Gasteiger partial charge >= 0.3 is 5.69 Å². The van der Waals surface area contributed by atoms with Gasteiger partial charge in [-0.05, 0) is 75.1 Å². The molecule has 2 heterocycles. The van der Waals surface area contributed by atoms with E-state index in [1.807, 2.05) is 60.0 Å². The number of nitrogens with one attached hydrogen (secondary N) is 1. The predicted octanol–water partition coefficient (Wildman–Crippen LogP) is 5.36. The fourth-order valence-corrected chi connectivity index (χ4v) is 5.91. The van der Waals surface area contributed by atoms with E-state index in [1.165, 1.54) is 23.9 Å². The molecule has 2 aliphatic rings. The van der Waals surface area contributed by atoms with E-state index in [0.717, 1.165) is 52.7 Å². The lowest BCUT2D eigenvalue weighted by molar-refractivity contribution is -0.122. The lowest BCUT2D eigenvalue weighted by atomic mass is 9.95. The predicted molar refractivity (Wildman–Crippen MR) is 137 cm³/mol. The van der Waals surface area contributed by atoms with Crippen LogP contribution in [0.3, 0.4) is 0 Å². The molecule has 0 atom stereocenters. The van der Waals surface area contributed by atoms with E-state index in [9.17, 15) is 9.59 Å². The maximum absolute atomic E-state index is 13.1. The van der Waals surface area contributed by atoms with Crippen molar-refractivity contribution in [3.05, 3.63) is 64.8 Å². The van der Waals surface area contributed by atoms with Crippen LogP contribution in [0.5, 0.6) is 0 Å². The first-order valence-corrected chi connectivity index (χ1v) is 13.4. The minimum absolute atomic E-state index is 0.0150. The molecule has 5 rings (SSSR count). The molecule has 1 N–H and O–H groups in total. The van der Waals surface area contributed by atoms with Crippen molar-refractivity contribution in [1.29, 1.82) is 0 Å². The van der Waals surface area contributed by atoms with E-state index in [4.69, 9.17) is 4.74 Å². The first-order valence-electron chi connectivity index (χ1n) is 12.5. The molecule has 0 bridgehead atoms. The summed E-state index contributed by atoms with van der Waals surface area (Å²) in [5, 5.41) is 7.61. The van der Waals surface area contributed by atoms with Gasteiger partial charge in [0.1, 0.15) is 5.82 Å². The standard InChI is InChI=1S/C27H32N4O3S/c1-19-29-31(27(33)30(19)22-7-3-2-4-8-22)23-10-12-24(13-11-23)35-25-9-5-6-21(18-25)28-26(32)20-14-16-34-17-15-20/h5-6,9-13,18,20,22H,2-4,7-8,14-17H2,1H3,(H,28,32). The number of aryl methyl sites for hydroxylation is 1. The van der Waals surface area contributed by atoms with Gasteiger partial charge in [0.15, 0.2) is 0 Å². The molecule has 7 nitrogen and oxygen atoms in total. The number of ether oxygens (including phenoxy) is 1. The van der Waals surface area contributed by atoms with Gasteiger partial charge in [0.05, 0.1) is 5.69 Å². The van der Waals surface area contributed by atoms with Gasteiger partial charge < -0.3 is 10.1 Å². The Morgan fingerprint density at radius 1 is 1.00 bits per heavy atom. The van der Waals surface area contributed by atoms with Crippen molar-refractivity contribution in [1.82, 2.24) is 14.3 Å². The van der Waals surface area contributed by atoms with Gasteiger partial charge in [-0.2, -0.15) is 9.78 Å². The van der Waals surface area contributed by atoms with Gasteiger partial charge in [-0.3, -0.25) is 9.36 Å². The van der Waals surface area contributed by atoms with Crippen molar-refractivity contribution in [2.45, 2.75) is 67.7 Å². The Balaban J connectivity index is 1.27. The monoisotopic (exact) mass is 492 g/mol. The number of anilines is 1. The average molecular weight is 493 g/mol. The summed E-state index contributed by atoms with van der Waals surface area (Å²) in [7, 11) is 0. The van der Waals surface area contributed by atoms with E-state index in [-0.39, 0.29) is 23.6 Å². The Morgan fingerprint density at radius 3 is 2.49 bits per heavy atom. The Bertz CT molecular complexity index is 1220. The molecule has 1 aliphatic heterocycles. The highest BCUT2D eigenvalue weighted by Gasteiger charge is 2.23. The molecule has 1 amide bonds. The summed E-state index contributed by atoms with van der Waals surface area (Å²) in [4.78, 5) is 27.8. The highest BCUT2D eigenvalue weighted by molar-refractivity contribution is 7.99. The summed E-state index contributed by atoms with van der Waals surface area (Å²) in [5.74, 6) is 0.856. The highest BCUT2D eigenvalue weighted by Crippen LogP contribution is 2.31. The molecule has 184 valence electrons. The molecular formula is C27H32N4O3S. The molecule has 0 radical (unpaired) electrons. The van der Waals surface area contributed by atoms with Crippen molar-refractivity contribution in [3.63, 3.8) is 0 Å². The largest absolute Gasteiger partial charge is 0.381 e. The molecule has 0 unspecified atom stereocenters. The summed E-state index contributed by atoms with van der Waals surface area (Å²) in [6.07, 6.45) is 7.25. The lowest BCUT2D eigenvalue weighted by Crippen LogP contribution is -2.28. The van der Waals surface area contributed by atoms with Crippen LogP contribution in [-0.4, -0.2) is 33.5 Å². The maximum atomic E-state index is 13.1. The minimum Gasteiger partial charge on any atom is -0.381 e. The SMILES string of the molecule is Cc1nn(-c2ccc(Sc3cccc(NC(=O)C4CCOCC4)c3)cc2)c(=O)n1C1CCCCC1. The zero-order valence-corrected chi connectivity index (χ0v) is 20.9. The maximum Gasteiger partial charge on any atom is 0.350 e. The van der Waals surface area contributed by atoms with E-state index >= 15 is 0 Å². The third-order valence-electron chi connectivity index (χ3n) is 6.93. The molecule has 8 heteroatoms. The quantitative estimate of drug-likeness (QED) is 0.501. The van der Waals surface area contributed by atoms with Crippen molar-refractivity contribution in [2.24, 2.45) is 5.92 Å². The summed E-state index contributed by atoms with van der Waals surface area (Å²) in [5.41, 5.74) is 1.52. The second kappa shape index (κ2) is 10.8. The van der Waals surface area contributed by atoms with Crippen LogP contribution in [0, 0.1) is 12.8 Å². The number of carbonyl (C=O) groups excluding carboxylic acids is 1. The van der Waals surface area contributed by atoms with Gasteiger partial charge in [-0.1, -0.05) is 37.1 Å². The second-order valence-electron chi connectivity index (χ2n) is 9.40. The van der Waals surface area contributed by atoms with Gasteiger partial charge in [-0.15, -0.1) is 0 Å². The van der Waals surface area contributed by atoms with E-state index in [2.05, 4.69) is 10.4 Å². The fraction of sp³-hybridized carbons (Fsp3) is 0.444. The van der Waals surface area contributed by atoms with Gasteiger partial charge in [0, 0.05) is 40.7 Å². The van der Waals surface area contributed by atoms with E-state index in [1.54, 1.807) is 11.8 Å². The number of amides is 1. The Hall–Kier alpha value is -2.84. The first-order chi connectivity index (χ1) is 17.1. The normalized spacial score (nSPS) is 17.4. The zero-order chi connectivity index (χ0) is 24.2. The van der Waals surface area contributed by atoms with Crippen LogP contribution in [0.15, 0.2) is 63.1 Å². The summed E-state index contributed by atoms with van der Waals surface area (Å²) in [6.45, 7) is 3.22. The fourth-order valence-electron chi connectivity index (χ4n) is 5.04. The Morgan fingerprint density at radius 2 is 1.74 bits per heavy atom. The van der Waals surface area contributed by atoms with Crippen molar-refractivity contribution < 1.29 is 9.53 Å². The van der Waals surface area contributed by atoms with Gasteiger partial charge in [0.2, 0.25) is 5.91 Å². The third-order valence-corrected chi connectivity index (χ3v) is 7.93. The molecule has 1 aromatic heterocycles. The van der Waals surface area contributed by atoms with Crippen molar-refractivity contribution in [3.8, 4) is 5.69 Å². The number of carbonyl (C=O) groups is 1. The van der Waals surface area contributed by atoms with Crippen LogP contribution in [-0.2, 0) is 9.53 Å². The molecule has 1 saturated carbocycles. The number of hydrogen-bond donors (Lipinski definition) is 1. The number of rotatable bonds is 6. The summed E-state index contributed by atoms with van der Waals surface area (Å²) in [6, 6.07) is 16.1. The average Bonchev–Trinajstić information content (AvgIpc) is 3.19. The molecule has 35 heavy (non-hydrogen) atoms. The molecule has 1 aliphatic carbocycles. The van der Waals surface area contributed by atoms with Gasteiger partial charge in [0.25, 0.3) is 0 Å². The second-order valence-corrected chi connectivity index (χ2v) is 10.6. The van der Waals surface area contributed by atoms with Crippen molar-refractivity contribution >= 4 is 23.4 Å². The molecule has 0 spiro atoms. The minimum atomic E-state index is -0.0530. The molecule has 1 saturated heterocycles. The lowest BCUT2D eigenvalue weighted by Gasteiger charge is -2.22. The van der Waals surface area contributed by atoms with Gasteiger partial charge in [-0.25, -0.2) is 4.79 Å². The van der Waals surface area contributed by atoms with Crippen LogP contribution >= 0.6 is 11.8 Å². The highest BCUT2D eigenvalue weighted by atomic mass is 32.2. The molecule has 2 aromatic carbocycles. The Kier molecular flexibility index (Phi) is 7.39. The molecular weight excluding hydrogens is 460 g/mol. The number of aromatic nitrogens is 3. The van der Waals surface area contributed by atoms with Crippen LogP contribution in [0.1, 0.15) is 56.8 Å². The summed E-state index contributed by atoms with van der Waals surface area (Å²) >= 11 is 1.62. The smallest absolute Gasteiger partial charge is 0.350 e. The van der Waals surface area contributed by atoms with Crippen LogP contribution in [0.4, 0.5) is 5.69 Å². The van der Waals surface area contributed by atoms with Crippen LogP contribution in [0.25, 0.3) is 5.69 Å². The molecule has 3 aromatic rings. The van der Waals surface area contributed by atoms with E-state index < -0.39 is 0 Å². The zero-order valence-electron chi connectivity index (χ0n) is 20.1.